The summed E-state index contributed by atoms with van der Waals surface area (Å²) in [5.74, 6) is 0.303. The van der Waals surface area contributed by atoms with Crippen LogP contribution in [0.15, 0.2) is 29.3 Å². The highest BCUT2D eigenvalue weighted by atomic mass is 32.2. The number of nitrogens with zero attached hydrogens (tertiary/aromatic N) is 1. The topological polar surface area (TPSA) is 79.8 Å². The highest BCUT2D eigenvalue weighted by Crippen LogP contribution is 2.02. The van der Waals surface area contributed by atoms with E-state index in [0.29, 0.717) is 25.7 Å². The Balaban J connectivity index is 2.20. The van der Waals surface area contributed by atoms with Gasteiger partial charge in [0.25, 0.3) is 0 Å². The maximum absolute atomic E-state index is 13.0. The third-order valence-electron chi connectivity index (χ3n) is 2.71. The lowest BCUT2D eigenvalue weighted by Crippen LogP contribution is -2.38. The van der Waals surface area contributed by atoms with E-state index in [-0.39, 0.29) is 18.2 Å². The molecule has 0 aromatic heterocycles. The molecule has 0 aliphatic rings. The van der Waals surface area contributed by atoms with Crippen molar-refractivity contribution in [2.45, 2.75) is 6.54 Å². The molecule has 1 aromatic carbocycles. The summed E-state index contributed by atoms with van der Waals surface area (Å²) in [7, 11) is -1.36. The molecular weight excluding hydrogens is 309 g/mol. The van der Waals surface area contributed by atoms with Gasteiger partial charge >= 0.3 is 0 Å². The predicted molar refractivity (Wildman–Crippen MR) is 85.1 cm³/mol. The second-order valence-electron chi connectivity index (χ2n) is 4.72. The van der Waals surface area contributed by atoms with Crippen molar-refractivity contribution in [2.24, 2.45) is 4.99 Å². The third-order valence-corrected chi connectivity index (χ3v) is 3.62. The fourth-order valence-corrected chi connectivity index (χ4v) is 2.03. The lowest BCUT2D eigenvalue weighted by atomic mass is 10.2. The summed E-state index contributed by atoms with van der Waals surface area (Å²) in [6.45, 7) is 1.49. The molecule has 124 valence electrons. The second-order valence-corrected chi connectivity index (χ2v) is 6.98. The summed E-state index contributed by atoms with van der Waals surface area (Å²) in [5, 5.41) is 6.07. The molecule has 0 radical (unpaired) electrons. The van der Waals surface area contributed by atoms with Crippen LogP contribution in [0.3, 0.4) is 0 Å². The van der Waals surface area contributed by atoms with Crippen LogP contribution in [-0.2, 0) is 21.1 Å². The van der Waals surface area contributed by atoms with Gasteiger partial charge in [-0.05, 0) is 17.7 Å². The SMILES string of the molecule is CN=C(NCCOCCS(C)(=O)=O)NCc1cccc(F)c1. The van der Waals surface area contributed by atoms with Gasteiger partial charge in [0.05, 0.1) is 19.0 Å². The first-order valence-electron chi connectivity index (χ1n) is 6.85. The second kappa shape index (κ2) is 9.37. The minimum Gasteiger partial charge on any atom is -0.379 e. The van der Waals surface area contributed by atoms with Gasteiger partial charge in [-0.2, -0.15) is 0 Å². The molecule has 0 amide bonds. The van der Waals surface area contributed by atoms with Gasteiger partial charge < -0.3 is 15.4 Å². The molecule has 1 rings (SSSR count). The van der Waals surface area contributed by atoms with Gasteiger partial charge in [-0.1, -0.05) is 12.1 Å². The number of ether oxygens (including phenoxy) is 1. The van der Waals surface area contributed by atoms with Crippen molar-refractivity contribution in [3.8, 4) is 0 Å². The number of sulfone groups is 1. The smallest absolute Gasteiger partial charge is 0.191 e. The van der Waals surface area contributed by atoms with Crippen LogP contribution in [0.5, 0.6) is 0 Å². The van der Waals surface area contributed by atoms with E-state index in [1.807, 2.05) is 6.07 Å². The average Bonchev–Trinajstić information content (AvgIpc) is 2.44. The van der Waals surface area contributed by atoms with E-state index in [1.54, 1.807) is 13.1 Å². The lowest BCUT2D eigenvalue weighted by molar-refractivity contribution is 0.154. The van der Waals surface area contributed by atoms with Crippen molar-refractivity contribution in [3.63, 3.8) is 0 Å². The van der Waals surface area contributed by atoms with E-state index in [0.717, 1.165) is 5.56 Å². The van der Waals surface area contributed by atoms with Gasteiger partial charge in [-0.15, -0.1) is 0 Å². The van der Waals surface area contributed by atoms with E-state index in [1.165, 1.54) is 18.4 Å². The Morgan fingerprint density at radius 3 is 2.73 bits per heavy atom. The molecule has 0 unspecified atom stereocenters. The van der Waals surface area contributed by atoms with Crippen LogP contribution < -0.4 is 10.6 Å². The molecule has 0 saturated heterocycles. The van der Waals surface area contributed by atoms with E-state index in [9.17, 15) is 12.8 Å². The van der Waals surface area contributed by atoms with Crippen molar-refractivity contribution >= 4 is 15.8 Å². The first-order chi connectivity index (χ1) is 10.4. The van der Waals surface area contributed by atoms with Gasteiger partial charge in [0.2, 0.25) is 0 Å². The largest absolute Gasteiger partial charge is 0.379 e. The van der Waals surface area contributed by atoms with Gasteiger partial charge in [0.15, 0.2) is 5.96 Å². The number of halogens is 1. The van der Waals surface area contributed by atoms with Gasteiger partial charge in [0, 0.05) is 26.4 Å². The molecule has 0 aliphatic heterocycles. The Labute approximate surface area is 130 Å². The number of benzene rings is 1. The van der Waals surface area contributed by atoms with Crippen molar-refractivity contribution in [2.75, 3.05) is 38.8 Å². The molecule has 1 aromatic rings. The molecule has 0 aliphatic carbocycles. The van der Waals surface area contributed by atoms with Crippen LogP contribution in [0.1, 0.15) is 5.56 Å². The van der Waals surface area contributed by atoms with Crippen LogP contribution in [-0.4, -0.2) is 53.2 Å². The zero-order chi connectivity index (χ0) is 16.4. The van der Waals surface area contributed by atoms with Crippen LogP contribution in [0.2, 0.25) is 0 Å². The van der Waals surface area contributed by atoms with Crippen LogP contribution >= 0.6 is 0 Å². The number of nitrogens with one attached hydrogen (secondary N) is 2. The fraction of sp³-hybridized carbons (Fsp3) is 0.500. The number of hydrogen-bond acceptors (Lipinski definition) is 4. The Kier molecular flexibility index (Phi) is 7.83. The van der Waals surface area contributed by atoms with Crippen molar-refractivity contribution in [1.29, 1.82) is 0 Å². The molecule has 8 heteroatoms. The number of aliphatic imine (C=N–C) groups is 1. The maximum atomic E-state index is 13.0. The van der Waals surface area contributed by atoms with Crippen molar-refractivity contribution < 1.29 is 17.5 Å². The molecular formula is C14H22FN3O3S. The molecule has 0 heterocycles. The molecule has 0 spiro atoms. The molecule has 22 heavy (non-hydrogen) atoms. The molecule has 0 fully saturated rings. The van der Waals surface area contributed by atoms with E-state index in [2.05, 4.69) is 15.6 Å². The maximum Gasteiger partial charge on any atom is 0.191 e. The Hall–Kier alpha value is -1.67. The van der Waals surface area contributed by atoms with Crippen LogP contribution in [0, 0.1) is 5.82 Å². The molecule has 0 saturated carbocycles. The fourth-order valence-electron chi connectivity index (χ4n) is 1.61. The Morgan fingerprint density at radius 2 is 2.09 bits per heavy atom. The molecule has 0 atom stereocenters. The first kappa shape index (κ1) is 18.4. The molecule has 6 nitrogen and oxygen atoms in total. The number of guanidine groups is 1. The van der Waals surface area contributed by atoms with Gasteiger partial charge in [0.1, 0.15) is 15.7 Å². The molecule has 2 N–H and O–H groups in total. The Morgan fingerprint density at radius 1 is 1.32 bits per heavy atom. The number of hydrogen-bond donors (Lipinski definition) is 2. The first-order valence-corrected chi connectivity index (χ1v) is 8.91. The third kappa shape index (κ3) is 8.58. The highest BCUT2D eigenvalue weighted by Gasteiger charge is 2.02. The average molecular weight is 331 g/mol. The van der Waals surface area contributed by atoms with E-state index in [4.69, 9.17) is 4.74 Å². The van der Waals surface area contributed by atoms with Gasteiger partial charge in [-0.25, -0.2) is 12.8 Å². The minimum atomic E-state index is -2.99. The van der Waals surface area contributed by atoms with Crippen molar-refractivity contribution in [1.82, 2.24) is 10.6 Å². The minimum absolute atomic E-state index is 0.0134. The van der Waals surface area contributed by atoms with Crippen LogP contribution in [0.4, 0.5) is 4.39 Å². The Bertz CT molecular complexity index is 591. The monoisotopic (exact) mass is 331 g/mol. The van der Waals surface area contributed by atoms with Crippen molar-refractivity contribution in [3.05, 3.63) is 35.6 Å². The highest BCUT2D eigenvalue weighted by molar-refractivity contribution is 7.90. The number of rotatable bonds is 8. The zero-order valence-corrected chi connectivity index (χ0v) is 13.6. The zero-order valence-electron chi connectivity index (χ0n) is 12.8. The summed E-state index contributed by atoms with van der Waals surface area (Å²) in [6, 6.07) is 6.31. The predicted octanol–water partition coefficient (Wildman–Crippen LogP) is 0.552. The normalized spacial score (nSPS) is 12.2. The summed E-state index contributed by atoms with van der Waals surface area (Å²) >= 11 is 0. The summed E-state index contributed by atoms with van der Waals surface area (Å²) < 4.78 is 40.1. The summed E-state index contributed by atoms with van der Waals surface area (Å²) in [4.78, 5) is 4.03. The lowest BCUT2D eigenvalue weighted by Gasteiger charge is -2.12. The van der Waals surface area contributed by atoms with Gasteiger partial charge in [-0.3, -0.25) is 4.99 Å². The quantitative estimate of drug-likeness (QED) is 0.413. The summed E-state index contributed by atoms with van der Waals surface area (Å²) in [6.07, 6.45) is 1.17. The summed E-state index contributed by atoms with van der Waals surface area (Å²) in [5.41, 5.74) is 0.812. The van der Waals surface area contributed by atoms with Crippen LogP contribution in [0.25, 0.3) is 0 Å². The standard InChI is InChI=1S/C14H22FN3O3S/c1-16-14(17-6-7-21-8-9-22(2,19)20)18-11-12-4-3-5-13(15)10-12/h3-5,10H,6-9,11H2,1-2H3,(H2,16,17,18). The van der Waals surface area contributed by atoms with E-state index < -0.39 is 9.84 Å². The molecule has 0 bridgehead atoms. The van der Waals surface area contributed by atoms with E-state index >= 15 is 0 Å².